The number of allylic oxidation sites excluding steroid dienone is 22. The van der Waals surface area contributed by atoms with E-state index in [0.29, 0.717) is 19.3 Å². The Labute approximate surface area is 500 Å². The van der Waals surface area contributed by atoms with Crippen molar-refractivity contribution in [2.24, 2.45) is 0 Å². The Morgan fingerprint density at radius 2 is 0.659 bits per heavy atom. The molecule has 3 atom stereocenters. The average Bonchev–Trinajstić information content (AvgIpc) is 3.47. The molecule has 0 rings (SSSR count). The lowest BCUT2D eigenvalue weighted by molar-refractivity contribution is -0.161. The van der Waals surface area contributed by atoms with E-state index in [4.69, 9.17) is 23.3 Å². The molecule has 11 nitrogen and oxygen atoms in total. The molecule has 0 aliphatic rings. The summed E-state index contributed by atoms with van der Waals surface area (Å²) in [6, 6.07) is 0. The van der Waals surface area contributed by atoms with Gasteiger partial charge >= 0.3 is 25.7 Å². The van der Waals surface area contributed by atoms with E-state index < -0.39 is 57.8 Å². The molecule has 12 heteroatoms. The first-order chi connectivity index (χ1) is 40.2. The van der Waals surface area contributed by atoms with Crippen molar-refractivity contribution in [1.82, 2.24) is 0 Å². The second-order valence-electron chi connectivity index (χ2n) is 20.8. The van der Waals surface area contributed by atoms with E-state index in [9.17, 15) is 28.9 Å². The minimum absolute atomic E-state index is 0.0932. The summed E-state index contributed by atoms with van der Waals surface area (Å²) in [5.41, 5.74) is 0. The minimum Gasteiger partial charge on any atom is -0.462 e. The smallest absolute Gasteiger partial charge is 0.462 e. The largest absolute Gasteiger partial charge is 0.472 e. The van der Waals surface area contributed by atoms with Crippen LogP contribution in [0.15, 0.2) is 134 Å². The molecular weight excluding hydrogens is 1050 g/mol. The van der Waals surface area contributed by atoms with E-state index in [1.165, 1.54) is 83.5 Å². The summed E-state index contributed by atoms with van der Waals surface area (Å²) >= 11 is 0. The third kappa shape index (κ3) is 60.2. The standard InChI is InChI=1S/C70H115O11P/c1-4-7-10-13-16-19-22-25-28-31-33-36-38-41-44-47-50-53-56-59-68(72)77-63-67(81-70(74)61-58-55-52-49-46-43-40-37-34-32-29-26-23-20-17-14-11-8-5-2)65-79-82(75,76)78-64-66(62-71)80-69(73)60-57-54-51-48-45-42-39-35-30-27-24-21-18-15-12-9-6-3/h7,9-10,12,16,18-19,21,25-30,33,36,39,41-42,44,50,53,66-67,71H,4-6,8,11,13-15,17,20,22-24,31-32,34-35,37-38,40,43,45-49,51-52,54-65H2,1-3H3,(H,75,76)/b10-7-,12-9-,19-16-,21-18-,28-25-,29-26-,30-27-,36-33-,42-39-,44-41-,53-50-. The Balaban J connectivity index is 4.84. The van der Waals surface area contributed by atoms with E-state index in [1.807, 2.05) is 12.2 Å². The van der Waals surface area contributed by atoms with Crippen LogP contribution in [0.4, 0.5) is 0 Å². The van der Waals surface area contributed by atoms with Gasteiger partial charge in [0.25, 0.3) is 0 Å². The average molecular weight is 1160 g/mol. The predicted molar refractivity (Wildman–Crippen MR) is 343 cm³/mol. The molecule has 0 aromatic carbocycles. The van der Waals surface area contributed by atoms with E-state index in [1.54, 1.807) is 0 Å². The Kier molecular flexibility index (Phi) is 59.3. The molecule has 0 saturated carbocycles. The SMILES string of the molecule is CC/C=C\C/C=C\C/C=C\C/C=C\C/C=C\C/C=C\CCC(=O)OCC(COP(=O)(O)OCC(CO)OC(=O)CCCCCC/C=C\C/C=C\C/C=C\C/C=C\CC)OC(=O)CCCCCCCCCCC/C=C\CCCCCCCC. The number of hydrogen-bond acceptors (Lipinski definition) is 10. The zero-order chi connectivity index (χ0) is 59.8. The number of aliphatic hydroxyl groups is 1. The van der Waals surface area contributed by atoms with Gasteiger partial charge in [-0.1, -0.05) is 244 Å². The van der Waals surface area contributed by atoms with Crippen LogP contribution in [0, 0.1) is 0 Å². The molecule has 0 radical (unpaired) electrons. The Bertz CT molecular complexity index is 1890. The van der Waals surface area contributed by atoms with Crippen LogP contribution in [0.5, 0.6) is 0 Å². The minimum atomic E-state index is -4.79. The maximum Gasteiger partial charge on any atom is 0.472 e. The predicted octanol–water partition coefficient (Wildman–Crippen LogP) is 19.7. The first kappa shape index (κ1) is 77.6. The highest BCUT2D eigenvalue weighted by Crippen LogP contribution is 2.43. The number of hydrogen-bond donors (Lipinski definition) is 2. The van der Waals surface area contributed by atoms with Crippen molar-refractivity contribution >= 4 is 25.7 Å². The van der Waals surface area contributed by atoms with Gasteiger partial charge < -0.3 is 24.2 Å². The normalized spacial score (nSPS) is 14.2. The van der Waals surface area contributed by atoms with Crippen LogP contribution in [0.1, 0.15) is 252 Å². The van der Waals surface area contributed by atoms with Crippen molar-refractivity contribution < 1.29 is 52.2 Å². The van der Waals surface area contributed by atoms with Gasteiger partial charge in [0.05, 0.1) is 19.8 Å². The molecule has 0 aromatic rings. The number of phosphoric acid groups is 1. The molecule has 0 heterocycles. The van der Waals surface area contributed by atoms with Gasteiger partial charge in [0.1, 0.15) is 12.7 Å². The fourth-order valence-corrected chi connectivity index (χ4v) is 9.03. The second kappa shape index (κ2) is 62.7. The Hall–Kier alpha value is -4.38. The number of carbonyl (C=O) groups excluding carboxylic acids is 3. The molecular formula is C70H115O11P. The summed E-state index contributed by atoms with van der Waals surface area (Å²) in [5.74, 6) is -1.60. The molecule has 0 fully saturated rings. The molecule has 3 unspecified atom stereocenters. The zero-order valence-electron chi connectivity index (χ0n) is 51.7. The van der Waals surface area contributed by atoms with Crippen LogP contribution in [-0.4, -0.2) is 66.5 Å². The number of rotatable bonds is 58. The first-order valence-corrected chi connectivity index (χ1v) is 33.6. The molecule has 0 aliphatic heterocycles. The zero-order valence-corrected chi connectivity index (χ0v) is 52.6. The highest BCUT2D eigenvalue weighted by atomic mass is 31.2. The second-order valence-corrected chi connectivity index (χ2v) is 22.3. The van der Waals surface area contributed by atoms with Gasteiger partial charge in [-0.25, -0.2) is 4.57 Å². The van der Waals surface area contributed by atoms with Crippen molar-refractivity contribution in [1.29, 1.82) is 0 Å². The lowest BCUT2D eigenvalue weighted by Crippen LogP contribution is -2.30. The van der Waals surface area contributed by atoms with Gasteiger partial charge in [-0.2, -0.15) is 0 Å². The van der Waals surface area contributed by atoms with Crippen molar-refractivity contribution in [2.45, 2.75) is 264 Å². The van der Waals surface area contributed by atoms with Gasteiger partial charge in [-0.3, -0.25) is 23.4 Å². The van der Waals surface area contributed by atoms with E-state index in [-0.39, 0.29) is 25.9 Å². The van der Waals surface area contributed by atoms with Crippen LogP contribution in [0.3, 0.4) is 0 Å². The van der Waals surface area contributed by atoms with Crippen LogP contribution < -0.4 is 0 Å². The van der Waals surface area contributed by atoms with E-state index in [0.717, 1.165) is 109 Å². The molecule has 2 N–H and O–H groups in total. The van der Waals surface area contributed by atoms with Gasteiger partial charge in [-0.15, -0.1) is 0 Å². The third-order valence-electron chi connectivity index (χ3n) is 13.1. The van der Waals surface area contributed by atoms with Crippen molar-refractivity contribution in [3.05, 3.63) is 134 Å². The Morgan fingerprint density at radius 3 is 1.04 bits per heavy atom. The Morgan fingerprint density at radius 1 is 0.354 bits per heavy atom. The fourth-order valence-electron chi connectivity index (χ4n) is 8.25. The quantitative estimate of drug-likeness (QED) is 0.0197. The monoisotopic (exact) mass is 1160 g/mol. The van der Waals surface area contributed by atoms with Gasteiger partial charge in [0, 0.05) is 19.3 Å². The van der Waals surface area contributed by atoms with Gasteiger partial charge in [0.15, 0.2) is 6.10 Å². The maximum absolute atomic E-state index is 13.0. The van der Waals surface area contributed by atoms with Crippen molar-refractivity contribution in [2.75, 3.05) is 26.4 Å². The lowest BCUT2D eigenvalue weighted by atomic mass is 10.1. The summed E-state index contributed by atoms with van der Waals surface area (Å²) in [7, 11) is -4.79. The van der Waals surface area contributed by atoms with E-state index >= 15 is 0 Å². The van der Waals surface area contributed by atoms with Crippen LogP contribution >= 0.6 is 7.82 Å². The number of carbonyl (C=O) groups is 3. The summed E-state index contributed by atoms with van der Waals surface area (Å²) in [6.45, 7) is 4.31. The van der Waals surface area contributed by atoms with Crippen LogP contribution in [-0.2, 0) is 42.2 Å². The number of phosphoric ester groups is 1. The fraction of sp³-hybridized carbons (Fsp3) is 0.643. The van der Waals surface area contributed by atoms with Crippen molar-refractivity contribution in [3.8, 4) is 0 Å². The van der Waals surface area contributed by atoms with Crippen molar-refractivity contribution in [3.63, 3.8) is 0 Å². The molecule has 0 spiro atoms. The molecule has 0 aliphatic carbocycles. The summed E-state index contributed by atoms with van der Waals surface area (Å²) in [5, 5.41) is 9.85. The summed E-state index contributed by atoms with van der Waals surface area (Å²) in [6.07, 6.45) is 79.9. The number of aliphatic hydroxyl groups excluding tert-OH is 1. The first-order valence-electron chi connectivity index (χ1n) is 32.1. The lowest BCUT2D eigenvalue weighted by Gasteiger charge is -2.21. The highest BCUT2D eigenvalue weighted by Gasteiger charge is 2.28. The highest BCUT2D eigenvalue weighted by molar-refractivity contribution is 7.47. The number of esters is 3. The maximum atomic E-state index is 13.0. The molecule has 0 aromatic heterocycles. The molecule has 466 valence electrons. The van der Waals surface area contributed by atoms with E-state index in [2.05, 4.69) is 142 Å². The van der Waals surface area contributed by atoms with Crippen LogP contribution in [0.2, 0.25) is 0 Å². The summed E-state index contributed by atoms with van der Waals surface area (Å²) in [4.78, 5) is 48.7. The topological polar surface area (TPSA) is 155 Å². The number of unbranched alkanes of at least 4 members (excludes halogenated alkanes) is 19. The van der Waals surface area contributed by atoms with Gasteiger partial charge in [-0.05, 0) is 122 Å². The van der Waals surface area contributed by atoms with Crippen LogP contribution in [0.25, 0.3) is 0 Å². The molecule has 0 amide bonds. The summed E-state index contributed by atoms with van der Waals surface area (Å²) < 4.78 is 39.6. The molecule has 82 heavy (non-hydrogen) atoms. The molecule has 0 bridgehead atoms. The van der Waals surface area contributed by atoms with Gasteiger partial charge in [0.2, 0.25) is 0 Å². The third-order valence-corrected chi connectivity index (χ3v) is 14.0. The number of ether oxygens (including phenoxy) is 3. The molecule has 0 saturated heterocycles.